The van der Waals surface area contributed by atoms with Gasteiger partial charge in [0.1, 0.15) is 0 Å². The SMILES string of the molecule is CCC(CC)(CN)NS(=O)(=O)c1cccc(C(C)=O)c1.Cl. The van der Waals surface area contributed by atoms with E-state index in [9.17, 15) is 13.2 Å². The van der Waals surface area contributed by atoms with E-state index in [0.29, 0.717) is 18.4 Å². The van der Waals surface area contributed by atoms with Crippen LogP contribution in [0.25, 0.3) is 0 Å². The normalized spacial score (nSPS) is 11.8. The van der Waals surface area contributed by atoms with E-state index < -0.39 is 15.6 Å². The molecule has 0 amide bonds. The average molecular weight is 335 g/mol. The van der Waals surface area contributed by atoms with Gasteiger partial charge in [-0.15, -0.1) is 12.4 Å². The maximum Gasteiger partial charge on any atom is 0.241 e. The van der Waals surface area contributed by atoms with Crippen LogP contribution in [-0.4, -0.2) is 26.3 Å². The molecule has 0 aliphatic carbocycles. The van der Waals surface area contributed by atoms with Gasteiger partial charge in [0, 0.05) is 17.6 Å². The van der Waals surface area contributed by atoms with E-state index in [2.05, 4.69) is 4.72 Å². The monoisotopic (exact) mass is 334 g/mol. The van der Waals surface area contributed by atoms with Gasteiger partial charge in [-0.05, 0) is 31.9 Å². The van der Waals surface area contributed by atoms with Crippen LogP contribution in [0.4, 0.5) is 0 Å². The van der Waals surface area contributed by atoms with Crippen LogP contribution in [0.1, 0.15) is 44.0 Å². The molecule has 7 heteroatoms. The van der Waals surface area contributed by atoms with Crippen molar-refractivity contribution in [2.45, 2.75) is 44.0 Å². The van der Waals surface area contributed by atoms with Gasteiger partial charge in [0.15, 0.2) is 5.78 Å². The number of Topliss-reactive ketones (excluding diaryl/α,β-unsaturated/α-hetero) is 1. The highest BCUT2D eigenvalue weighted by atomic mass is 35.5. The topological polar surface area (TPSA) is 89.3 Å². The van der Waals surface area contributed by atoms with Crippen molar-refractivity contribution in [3.63, 3.8) is 0 Å². The van der Waals surface area contributed by atoms with Crippen LogP contribution in [0, 0.1) is 0 Å². The summed E-state index contributed by atoms with van der Waals surface area (Å²) in [6.07, 6.45) is 1.21. The number of carbonyl (C=O) groups excluding carboxylic acids is 1. The molecule has 0 fully saturated rings. The molecule has 0 saturated carbocycles. The molecule has 0 atom stereocenters. The predicted molar refractivity (Wildman–Crippen MR) is 86.4 cm³/mol. The Balaban J connectivity index is 0.00000400. The molecule has 0 aromatic heterocycles. The molecular weight excluding hydrogens is 312 g/mol. The Morgan fingerprint density at radius 2 is 1.86 bits per heavy atom. The van der Waals surface area contributed by atoms with Crippen molar-refractivity contribution in [2.75, 3.05) is 6.54 Å². The third-order valence-electron chi connectivity index (χ3n) is 3.65. The van der Waals surface area contributed by atoms with Gasteiger partial charge >= 0.3 is 0 Å². The fraction of sp³-hybridized carbons (Fsp3) is 0.500. The van der Waals surface area contributed by atoms with Crippen molar-refractivity contribution in [1.82, 2.24) is 4.72 Å². The van der Waals surface area contributed by atoms with Gasteiger partial charge in [-0.1, -0.05) is 26.0 Å². The summed E-state index contributed by atoms with van der Waals surface area (Å²) in [6.45, 7) is 5.42. The molecule has 0 bridgehead atoms. The first-order valence-electron chi connectivity index (χ1n) is 6.65. The van der Waals surface area contributed by atoms with Crippen LogP contribution < -0.4 is 10.5 Å². The lowest BCUT2D eigenvalue weighted by atomic mass is 9.95. The number of hydrogen-bond donors (Lipinski definition) is 2. The Hall–Kier alpha value is -0.950. The second-order valence-corrected chi connectivity index (χ2v) is 6.56. The van der Waals surface area contributed by atoms with E-state index in [1.807, 2.05) is 13.8 Å². The first kappa shape index (κ1) is 20.1. The molecule has 0 radical (unpaired) electrons. The van der Waals surface area contributed by atoms with Crippen molar-refractivity contribution < 1.29 is 13.2 Å². The van der Waals surface area contributed by atoms with Crippen LogP contribution in [0.3, 0.4) is 0 Å². The fourth-order valence-corrected chi connectivity index (χ4v) is 3.55. The molecule has 0 heterocycles. The summed E-state index contributed by atoms with van der Waals surface area (Å²) in [5, 5.41) is 0. The van der Waals surface area contributed by atoms with E-state index in [1.165, 1.54) is 19.1 Å². The van der Waals surface area contributed by atoms with Crippen molar-refractivity contribution in [2.24, 2.45) is 5.73 Å². The maximum absolute atomic E-state index is 12.4. The number of benzene rings is 1. The standard InChI is InChI=1S/C14H22N2O3S.ClH/c1-4-14(5-2,10-15)16-20(18,19)13-8-6-7-12(9-13)11(3)17;/h6-9,16H,4-5,10,15H2,1-3H3;1H. The van der Waals surface area contributed by atoms with Gasteiger partial charge in [0.05, 0.1) is 4.90 Å². The van der Waals surface area contributed by atoms with Gasteiger partial charge < -0.3 is 5.73 Å². The van der Waals surface area contributed by atoms with Crippen LogP contribution in [-0.2, 0) is 10.0 Å². The molecule has 0 unspecified atom stereocenters. The van der Waals surface area contributed by atoms with E-state index >= 15 is 0 Å². The van der Waals surface area contributed by atoms with Gasteiger partial charge in [0.25, 0.3) is 0 Å². The Kier molecular flexibility index (Phi) is 7.53. The van der Waals surface area contributed by atoms with Gasteiger partial charge in [0.2, 0.25) is 10.0 Å². The number of nitrogens with one attached hydrogen (secondary N) is 1. The molecule has 3 N–H and O–H groups in total. The van der Waals surface area contributed by atoms with Crippen LogP contribution in [0.15, 0.2) is 29.2 Å². The Bertz CT molecular complexity index is 575. The number of hydrogen-bond acceptors (Lipinski definition) is 4. The van der Waals surface area contributed by atoms with Crippen molar-refractivity contribution in [3.8, 4) is 0 Å². The lowest BCUT2D eigenvalue weighted by molar-refractivity contribution is 0.101. The first-order valence-corrected chi connectivity index (χ1v) is 8.13. The molecule has 5 nitrogen and oxygen atoms in total. The van der Waals surface area contributed by atoms with Gasteiger partial charge in [-0.25, -0.2) is 13.1 Å². The Morgan fingerprint density at radius 3 is 2.29 bits per heavy atom. The lowest BCUT2D eigenvalue weighted by Crippen LogP contribution is -2.52. The molecule has 21 heavy (non-hydrogen) atoms. The second kappa shape index (κ2) is 7.89. The third-order valence-corrected chi connectivity index (χ3v) is 5.22. The fourth-order valence-electron chi connectivity index (χ4n) is 1.95. The predicted octanol–water partition coefficient (Wildman–Crippen LogP) is 2.11. The zero-order valence-electron chi connectivity index (χ0n) is 12.5. The number of nitrogens with two attached hydrogens (primary N) is 1. The van der Waals surface area contributed by atoms with E-state index in [-0.39, 0.29) is 29.6 Å². The first-order chi connectivity index (χ1) is 9.30. The quantitative estimate of drug-likeness (QED) is 0.747. The summed E-state index contributed by atoms with van der Waals surface area (Å²) < 4.78 is 27.5. The third kappa shape index (κ3) is 4.78. The van der Waals surface area contributed by atoms with Crippen molar-refractivity contribution in [3.05, 3.63) is 29.8 Å². The van der Waals surface area contributed by atoms with Crippen molar-refractivity contribution >= 4 is 28.2 Å². The minimum atomic E-state index is -3.69. The summed E-state index contributed by atoms with van der Waals surface area (Å²) in [7, 11) is -3.69. The lowest BCUT2D eigenvalue weighted by Gasteiger charge is -2.31. The molecule has 1 rings (SSSR count). The molecule has 120 valence electrons. The zero-order valence-corrected chi connectivity index (χ0v) is 14.2. The number of carbonyl (C=O) groups is 1. The van der Waals surface area contributed by atoms with Crippen LogP contribution in [0.5, 0.6) is 0 Å². The van der Waals surface area contributed by atoms with Crippen LogP contribution >= 0.6 is 12.4 Å². The van der Waals surface area contributed by atoms with E-state index in [0.717, 1.165) is 0 Å². The Morgan fingerprint density at radius 1 is 1.29 bits per heavy atom. The number of halogens is 1. The highest BCUT2D eigenvalue weighted by Gasteiger charge is 2.30. The highest BCUT2D eigenvalue weighted by molar-refractivity contribution is 7.89. The van der Waals surface area contributed by atoms with E-state index in [1.54, 1.807) is 12.1 Å². The summed E-state index contributed by atoms with van der Waals surface area (Å²) in [5.74, 6) is -0.168. The Labute approximate surface area is 132 Å². The molecular formula is C14H23ClN2O3S. The van der Waals surface area contributed by atoms with Gasteiger partial charge in [-0.3, -0.25) is 4.79 Å². The van der Waals surface area contributed by atoms with Crippen molar-refractivity contribution in [1.29, 1.82) is 0 Å². The molecule has 0 aliphatic rings. The summed E-state index contributed by atoms with van der Waals surface area (Å²) in [6, 6.07) is 6.02. The minimum Gasteiger partial charge on any atom is -0.329 e. The maximum atomic E-state index is 12.4. The van der Waals surface area contributed by atoms with Crippen LogP contribution in [0.2, 0.25) is 0 Å². The summed E-state index contributed by atoms with van der Waals surface area (Å²) in [5.41, 5.74) is 5.44. The molecule has 0 aliphatic heterocycles. The minimum absolute atomic E-state index is 0. The zero-order chi connectivity index (χ0) is 15.4. The molecule has 1 aromatic rings. The number of sulfonamides is 1. The average Bonchev–Trinajstić information content (AvgIpc) is 2.45. The smallest absolute Gasteiger partial charge is 0.241 e. The van der Waals surface area contributed by atoms with E-state index in [4.69, 9.17) is 5.73 Å². The molecule has 0 spiro atoms. The second-order valence-electron chi connectivity index (χ2n) is 4.88. The van der Waals surface area contributed by atoms with Gasteiger partial charge in [-0.2, -0.15) is 0 Å². The highest BCUT2D eigenvalue weighted by Crippen LogP contribution is 2.19. The summed E-state index contributed by atoms with van der Waals surface area (Å²) >= 11 is 0. The molecule has 0 saturated heterocycles. The largest absolute Gasteiger partial charge is 0.329 e. The summed E-state index contributed by atoms with van der Waals surface area (Å²) in [4.78, 5) is 11.4. The number of ketones is 1. The molecule has 1 aromatic carbocycles. The number of rotatable bonds is 7.